The number of hydrogen-bond donors (Lipinski definition) is 2. The maximum atomic E-state index is 5.74. The number of rotatable bonds is 4. The number of hydrogen-bond acceptors (Lipinski definition) is 4. The quantitative estimate of drug-likeness (QED) is 0.493. The number of thiazole rings is 1. The van der Waals surface area contributed by atoms with E-state index < -0.39 is 0 Å². The van der Waals surface area contributed by atoms with Crippen LogP contribution < -0.4 is 11.3 Å². The van der Waals surface area contributed by atoms with Crippen LogP contribution in [-0.4, -0.2) is 11.0 Å². The second-order valence-electron chi connectivity index (χ2n) is 5.11. The molecule has 1 unspecified atom stereocenters. The van der Waals surface area contributed by atoms with Gasteiger partial charge in [-0.1, -0.05) is 25.7 Å². The maximum absolute atomic E-state index is 5.74. The molecular formula is C13H23N3S. The van der Waals surface area contributed by atoms with Crippen molar-refractivity contribution in [1.29, 1.82) is 0 Å². The van der Waals surface area contributed by atoms with Crippen LogP contribution in [0.1, 0.15) is 49.2 Å². The Hall–Kier alpha value is -0.450. The first-order chi connectivity index (χ1) is 8.29. The molecule has 1 atom stereocenters. The normalized spacial score (nSPS) is 20.1. The summed E-state index contributed by atoms with van der Waals surface area (Å²) in [7, 11) is 0. The SMILES string of the molecule is Cc1csc(CC(NN)C2CCCCCC2)n1. The Morgan fingerprint density at radius 3 is 2.65 bits per heavy atom. The van der Waals surface area contributed by atoms with Crippen molar-refractivity contribution in [3.05, 3.63) is 16.1 Å². The summed E-state index contributed by atoms with van der Waals surface area (Å²) < 4.78 is 0. The molecule has 1 aromatic rings. The molecule has 0 saturated heterocycles. The fourth-order valence-corrected chi connectivity index (χ4v) is 3.59. The van der Waals surface area contributed by atoms with E-state index in [0.29, 0.717) is 6.04 Å². The van der Waals surface area contributed by atoms with Gasteiger partial charge in [0.25, 0.3) is 0 Å². The van der Waals surface area contributed by atoms with Crippen LogP contribution in [0.3, 0.4) is 0 Å². The predicted molar refractivity (Wildman–Crippen MR) is 72.9 cm³/mol. The fraction of sp³-hybridized carbons (Fsp3) is 0.769. The first-order valence-electron chi connectivity index (χ1n) is 6.66. The lowest BCUT2D eigenvalue weighted by Gasteiger charge is -2.24. The molecular weight excluding hydrogens is 230 g/mol. The lowest BCUT2D eigenvalue weighted by atomic mass is 9.90. The Kier molecular flexibility index (Phi) is 4.95. The second kappa shape index (κ2) is 6.47. The zero-order valence-corrected chi connectivity index (χ0v) is 11.4. The molecule has 0 aliphatic heterocycles. The lowest BCUT2D eigenvalue weighted by Crippen LogP contribution is -2.42. The van der Waals surface area contributed by atoms with E-state index in [1.54, 1.807) is 11.3 Å². The Labute approximate surface area is 108 Å². The van der Waals surface area contributed by atoms with Gasteiger partial charge in [0.05, 0.1) is 5.01 Å². The molecule has 3 nitrogen and oxygen atoms in total. The number of aromatic nitrogens is 1. The van der Waals surface area contributed by atoms with Gasteiger partial charge in [-0.05, 0) is 25.7 Å². The van der Waals surface area contributed by atoms with Crippen molar-refractivity contribution < 1.29 is 0 Å². The van der Waals surface area contributed by atoms with E-state index in [4.69, 9.17) is 5.84 Å². The van der Waals surface area contributed by atoms with Crippen LogP contribution in [0, 0.1) is 12.8 Å². The van der Waals surface area contributed by atoms with E-state index in [-0.39, 0.29) is 0 Å². The van der Waals surface area contributed by atoms with Crippen molar-refractivity contribution in [2.75, 3.05) is 0 Å². The third-order valence-corrected chi connectivity index (χ3v) is 4.73. The Balaban J connectivity index is 1.95. The van der Waals surface area contributed by atoms with Crippen LogP contribution in [0.2, 0.25) is 0 Å². The molecule has 17 heavy (non-hydrogen) atoms. The van der Waals surface area contributed by atoms with Crippen molar-refractivity contribution in [1.82, 2.24) is 10.4 Å². The van der Waals surface area contributed by atoms with Crippen LogP contribution in [0.15, 0.2) is 5.38 Å². The summed E-state index contributed by atoms with van der Waals surface area (Å²) in [5.74, 6) is 6.46. The smallest absolute Gasteiger partial charge is 0.0944 e. The van der Waals surface area contributed by atoms with Crippen molar-refractivity contribution in [3.63, 3.8) is 0 Å². The van der Waals surface area contributed by atoms with Crippen LogP contribution >= 0.6 is 11.3 Å². The Bertz CT molecular complexity index is 329. The molecule has 0 bridgehead atoms. The van der Waals surface area contributed by atoms with E-state index in [0.717, 1.165) is 18.0 Å². The van der Waals surface area contributed by atoms with E-state index in [1.807, 2.05) is 0 Å². The van der Waals surface area contributed by atoms with Crippen LogP contribution in [-0.2, 0) is 6.42 Å². The molecule has 4 heteroatoms. The van der Waals surface area contributed by atoms with Crippen LogP contribution in [0.4, 0.5) is 0 Å². The summed E-state index contributed by atoms with van der Waals surface area (Å²) in [6, 6.07) is 0.402. The minimum atomic E-state index is 0.402. The molecule has 0 radical (unpaired) electrons. The molecule has 1 aliphatic rings. The summed E-state index contributed by atoms with van der Waals surface area (Å²) in [5, 5.41) is 3.34. The highest BCUT2D eigenvalue weighted by molar-refractivity contribution is 7.09. The van der Waals surface area contributed by atoms with Gasteiger partial charge in [-0.3, -0.25) is 11.3 Å². The van der Waals surface area contributed by atoms with Gasteiger partial charge < -0.3 is 0 Å². The van der Waals surface area contributed by atoms with Gasteiger partial charge >= 0.3 is 0 Å². The molecule has 0 amide bonds. The van der Waals surface area contributed by atoms with Crippen molar-refractivity contribution in [2.45, 2.75) is 57.9 Å². The highest BCUT2D eigenvalue weighted by Crippen LogP contribution is 2.27. The summed E-state index contributed by atoms with van der Waals surface area (Å²) in [6.07, 6.45) is 9.13. The first-order valence-corrected chi connectivity index (χ1v) is 7.54. The number of aryl methyl sites for hydroxylation is 1. The average molecular weight is 253 g/mol. The van der Waals surface area contributed by atoms with Gasteiger partial charge in [0.15, 0.2) is 0 Å². The molecule has 1 heterocycles. The summed E-state index contributed by atoms with van der Waals surface area (Å²) in [6.45, 7) is 2.05. The van der Waals surface area contributed by atoms with Gasteiger partial charge in [-0.2, -0.15) is 0 Å². The molecule has 1 fully saturated rings. The number of nitrogens with one attached hydrogen (secondary N) is 1. The zero-order chi connectivity index (χ0) is 12.1. The molecule has 2 rings (SSSR count). The molecule has 96 valence electrons. The molecule has 0 aromatic carbocycles. The van der Waals surface area contributed by atoms with Crippen LogP contribution in [0.5, 0.6) is 0 Å². The largest absolute Gasteiger partial charge is 0.271 e. The van der Waals surface area contributed by atoms with Gasteiger partial charge in [0.2, 0.25) is 0 Å². The second-order valence-corrected chi connectivity index (χ2v) is 6.05. The minimum absolute atomic E-state index is 0.402. The van der Waals surface area contributed by atoms with Crippen molar-refractivity contribution in [3.8, 4) is 0 Å². The fourth-order valence-electron chi connectivity index (χ4n) is 2.76. The predicted octanol–water partition coefficient (Wildman–Crippen LogP) is 2.80. The standard InChI is InChI=1S/C13H23N3S/c1-10-9-17-13(15-10)8-12(16-14)11-6-4-2-3-5-7-11/h9,11-12,16H,2-8,14H2,1H3. The molecule has 3 N–H and O–H groups in total. The molecule has 0 spiro atoms. The van der Waals surface area contributed by atoms with Gasteiger partial charge in [0.1, 0.15) is 0 Å². The highest BCUT2D eigenvalue weighted by Gasteiger charge is 2.22. The number of nitrogens with two attached hydrogens (primary N) is 1. The van der Waals surface area contributed by atoms with E-state index in [9.17, 15) is 0 Å². The maximum Gasteiger partial charge on any atom is 0.0944 e. The number of nitrogens with zero attached hydrogens (tertiary/aromatic N) is 1. The lowest BCUT2D eigenvalue weighted by molar-refractivity contribution is 0.320. The Morgan fingerprint density at radius 2 is 2.12 bits per heavy atom. The van der Waals surface area contributed by atoms with Gasteiger partial charge in [-0.15, -0.1) is 11.3 Å². The van der Waals surface area contributed by atoms with Crippen molar-refractivity contribution >= 4 is 11.3 Å². The van der Waals surface area contributed by atoms with Gasteiger partial charge in [0, 0.05) is 23.5 Å². The molecule has 1 aromatic heterocycles. The highest BCUT2D eigenvalue weighted by atomic mass is 32.1. The van der Waals surface area contributed by atoms with E-state index >= 15 is 0 Å². The average Bonchev–Trinajstić information content (AvgIpc) is 2.58. The monoisotopic (exact) mass is 253 g/mol. The summed E-state index contributed by atoms with van der Waals surface area (Å²) >= 11 is 1.76. The first kappa shape index (κ1) is 13.0. The molecule has 1 saturated carbocycles. The van der Waals surface area contributed by atoms with E-state index in [2.05, 4.69) is 22.7 Å². The molecule has 1 aliphatic carbocycles. The van der Waals surface area contributed by atoms with E-state index in [1.165, 1.54) is 43.5 Å². The number of hydrazine groups is 1. The summed E-state index contributed by atoms with van der Waals surface area (Å²) in [5.41, 5.74) is 4.15. The Morgan fingerprint density at radius 1 is 1.41 bits per heavy atom. The van der Waals surface area contributed by atoms with Gasteiger partial charge in [-0.25, -0.2) is 4.98 Å². The van der Waals surface area contributed by atoms with Crippen LogP contribution in [0.25, 0.3) is 0 Å². The third-order valence-electron chi connectivity index (χ3n) is 3.74. The minimum Gasteiger partial charge on any atom is -0.271 e. The topological polar surface area (TPSA) is 50.9 Å². The zero-order valence-electron chi connectivity index (χ0n) is 10.6. The third kappa shape index (κ3) is 3.76. The van der Waals surface area contributed by atoms with Crippen molar-refractivity contribution in [2.24, 2.45) is 11.8 Å². The summed E-state index contributed by atoms with van der Waals surface area (Å²) in [4.78, 5) is 4.54.